The third-order valence-corrected chi connectivity index (χ3v) is 4.43. The maximum Gasteiger partial charge on any atom is 0.124 e. The monoisotopic (exact) mass is 311 g/mol. The second kappa shape index (κ2) is 9.36. The van der Waals surface area contributed by atoms with Gasteiger partial charge in [0.1, 0.15) is 11.9 Å². The molecule has 2 heteroatoms. The van der Waals surface area contributed by atoms with Crippen LogP contribution in [0.25, 0.3) is 0 Å². The van der Waals surface area contributed by atoms with Gasteiger partial charge >= 0.3 is 0 Å². The zero-order valence-electron chi connectivity index (χ0n) is 14.4. The van der Waals surface area contributed by atoms with Crippen molar-refractivity contribution >= 4 is 0 Å². The normalized spacial score (nSPS) is 13.5. The molecule has 0 aliphatic rings. The Morgan fingerprint density at radius 3 is 2.22 bits per heavy atom. The first-order chi connectivity index (χ1) is 11.2. The van der Waals surface area contributed by atoms with Crippen molar-refractivity contribution in [2.45, 2.75) is 51.6 Å². The van der Waals surface area contributed by atoms with Crippen molar-refractivity contribution in [3.63, 3.8) is 0 Å². The van der Waals surface area contributed by atoms with Gasteiger partial charge in [0, 0.05) is 0 Å². The van der Waals surface area contributed by atoms with E-state index in [1.165, 1.54) is 11.1 Å². The smallest absolute Gasteiger partial charge is 0.124 e. The average molecular weight is 311 g/mol. The molecule has 23 heavy (non-hydrogen) atoms. The number of hydrogen-bond donors (Lipinski definition) is 1. The van der Waals surface area contributed by atoms with E-state index in [-0.39, 0.29) is 6.10 Å². The lowest BCUT2D eigenvalue weighted by Gasteiger charge is -2.20. The SMILES string of the molecule is CCC(C)c1ccc(OC(CCCCN)c2ccccc2)cc1. The van der Waals surface area contributed by atoms with E-state index in [1.807, 2.05) is 6.07 Å². The van der Waals surface area contributed by atoms with Gasteiger partial charge in [0.05, 0.1) is 0 Å². The summed E-state index contributed by atoms with van der Waals surface area (Å²) < 4.78 is 6.27. The van der Waals surface area contributed by atoms with Crippen LogP contribution in [0.2, 0.25) is 0 Å². The molecule has 0 heterocycles. The third-order valence-electron chi connectivity index (χ3n) is 4.43. The van der Waals surface area contributed by atoms with Crippen molar-refractivity contribution in [2.24, 2.45) is 5.73 Å². The highest BCUT2D eigenvalue weighted by molar-refractivity contribution is 5.30. The van der Waals surface area contributed by atoms with Crippen LogP contribution in [0.5, 0.6) is 5.75 Å². The van der Waals surface area contributed by atoms with Crippen molar-refractivity contribution in [1.29, 1.82) is 0 Å². The standard InChI is InChI=1S/C21H29NO/c1-3-17(2)18-12-14-20(15-13-18)23-21(11-7-8-16-22)19-9-5-4-6-10-19/h4-6,9-10,12-15,17,21H,3,7-8,11,16,22H2,1-2H3. The summed E-state index contributed by atoms with van der Waals surface area (Å²) in [5.74, 6) is 1.54. The summed E-state index contributed by atoms with van der Waals surface area (Å²) in [6, 6.07) is 19.0. The van der Waals surface area contributed by atoms with Crippen LogP contribution in [0.4, 0.5) is 0 Å². The van der Waals surface area contributed by atoms with Gasteiger partial charge in [-0.25, -0.2) is 0 Å². The molecule has 0 fully saturated rings. The van der Waals surface area contributed by atoms with Gasteiger partial charge in [-0.2, -0.15) is 0 Å². The van der Waals surface area contributed by atoms with E-state index < -0.39 is 0 Å². The van der Waals surface area contributed by atoms with Crippen molar-refractivity contribution < 1.29 is 4.74 Å². The van der Waals surface area contributed by atoms with Crippen molar-refractivity contribution in [3.8, 4) is 5.75 Å². The number of benzene rings is 2. The van der Waals surface area contributed by atoms with E-state index in [2.05, 4.69) is 62.4 Å². The molecule has 2 aromatic carbocycles. The fourth-order valence-electron chi connectivity index (χ4n) is 2.71. The molecule has 2 nitrogen and oxygen atoms in total. The van der Waals surface area contributed by atoms with Crippen molar-refractivity contribution in [1.82, 2.24) is 0 Å². The molecule has 0 aromatic heterocycles. The number of unbranched alkanes of at least 4 members (excludes halogenated alkanes) is 1. The Hall–Kier alpha value is -1.80. The maximum atomic E-state index is 6.27. The lowest BCUT2D eigenvalue weighted by atomic mass is 9.99. The first kappa shape index (κ1) is 17.6. The Morgan fingerprint density at radius 1 is 0.913 bits per heavy atom. The molecule has 2 aromatic rings. The van der Waals surface area contributed by atoms with Gasteiger partial charge < -0.3 is 10.5 Å². The Balaban J connectivity index is 2.07. The minimum Gasteiger partial charge on any atom is -0.486 e. The molecule has 0 saturated carbocycles. The van der Waals surface area contributed by atoms with Crippen LogP contribution in [0.1, 0.15) is 62.7 Å². The Kier molecular flexibility index (Phi) is 7.15. The van der Waals surface area contributed by atoms with Crippen LogP contribution in [0.3, 0.4) is 0 Å². The molecule has 0 radical (unpaired) electrons. The fourth-order valence-corrected chi connectivity index (χ4v) is 2.71. The van der Waals surface area contributed by atoms with Gasteiger partial charge in [-0.05, 0) is 61.4 Å². The van der Waals surface area contributed by atoms with Gasteiger partial charge in [0.15, 0.2) is 0 Å². The molecule has 124 valence electrons. The number of rotatable bonds is 9. The molecular weight excluding hydrogens is 282 g/mol. The molecule has 2 rings (SSSR count). The van der Waals surface area contributed by atoms with Crippen LogP contribution >= 0.6 is 0 Å². The van der Waals surface area contributed by atoms with Crippen LogP contribution in [-0.4, -0.2) is 6.54 Å². The van der Waals surface area contributed by atoms with Crippen LogP contribution in [0, 0.1) is 0 Å². The molecule has 2 atom stereocenters. The molecule has 0 aliphatic heterocycles. The predicted molar refractivity (Wildman–Crippen MR) is 97.9 cm³/mol. The minimum absolute atomic E-state index is 0.0946. The number of nitrogens with two attached hydrogens (primary N) is 1. The van der Waals surface area contributed by atoms with Gasteiger partial charge in [-0.1, -0.05) is 56.3 Å². The first-order valence-corrected chi connectivity index (χ1v) is 8.76. The number of hydrogen-bond acceptors (Lipinski definition) is 2. The summed E-state index contributed by atoms with van der Waals surface area (Å²) in [5.41, 5.74) is 8.23. The Bertz CT molecular complexity index is 550. The summed E-state index contributed by atoms with van der Waals surface area (Å²) in [4.78, 5) is 0. The average Bonchev–Trinajstić information content (AvgIpc) is 2.61. The topological polar surface area (TPSA) is 35.2 Å². The zero-order chi connectivity index (χ0) is 16.5. The molecular formula is C21H29NO. The highest BCUT2D eigenvalue weighted by atomic mass is 16.5. The summed E-state index contributed by atoms with van der Waals surface area (Å²) in [7, 11) is 0. The zero-order valence-corrected chi connectivity index (χ0v) is 14.4. The van der Waals surface area contributed by atoms with Gasteiger partial charge in [-0.15, -0.1) is 0 Å². The molecule has 0 aliphatic carbocycles. The van der Waals surface area contributed by atoms with E-state index in [9.17, 15) is 0 Å². The van der Waals surface area contributed by atoms with E-state index in [0.717, 1.165) is 38.0 Å². The first-order valence-electron chi connectivity index (χ1n) is 8.76. The Morgan fingerprint density at radius 2 is 1.61 bits per heavy atom. The van der Waals surface area contributed by atoms with Gasteiger partial charge in [0.25, 0.3) is 0 Å². The van der Waals surface area contributed by atoms with Crippen LogP contribution in [-0.2, 0) is 0 Å². The largest absolute Gasteiger partial charge is 0.486 e. The fraction of sp³-hybridized carbons (Fsp3) is 0.429. The van der Waals surface area contributed by atoms with Crippen molar-refractivity contribution in [2.75, 3.05) is 6.54 Å². The lowest BCUT2D eigenvalue weighted by Crippen LogP contribution is -2.09. The summed E-state index contributed by atoms with van der Waals surface area (Å²) in [6.45, 7) is 5.22. The lowest BCUT2D eigenvalue weighted by molar-refractivity contribution is 0.191. The molecule has 2 N–H and O–H groups in total. The second-order valence-corrected chi connectivity index (χ2v) is 6.18. The molecule has 0 amide bonds. The van der Waals surface area contributed by atoms with E-state index in [4.69, 9.17) is 10.5 Å². The Labute approximate surface area is 140 Å². The summed E-state index contributed by atoms with van der Waals surface area (Å²) >= 11 is 0. The maximum absolute atomic E-state index is 6.27. The number of ether oxygens (including phenoxy) is 1. The highest BCUT2D eigenvalue weighted by Crippen LogP contribution is 2.28. The predicted octanol–water partition coefficient (Wildman–Crippen LogP) is 5.45. The van der Waals surface area contributed by atoms with E-state index >= 15 is 0 Å². The highest BCUT2D eigenvalue weighted by Gasteiger charge is 2.13. The molecule has 0 saturated heterocycles. The van der Waals surface area contributed by atoms with Crippen LogP contribution in [0.15, 0.2) is 54.6 Å². The van der Waals surface area contributed by atoms with Gasteiger partial charge in [-0.3, -0.25) is 0 Å². The molecule has 0 bridgehead atoms. The quantitative estimate of drug-likeness (QED) is 0.625. The van der Waals surface area contributed by atoms with E-state index in [1.54, 1.807) is 0 Å². The molecule has 0 spiro atoms. The molecule has 2 unspecified atom stereocenters. The van der Waals surface area contributed by atoms with Gasteiger partial charge in [0.2, 0.25) is 0 Å². The summed E-state index contributed by atoms with van der Waals surface area (Å²) in [6.07, 6.45) is 4.37. The summed E-state index contributed by atoms with van der Waals surface area (Å²) in [5, 5.41) is 0. The minimum atomic E-state index is 0.0946. The van der Waals surface area contributed by atoms with Crippen LogP contribution < -0.4 is 10.5 Å². The van der Waals surface area contributed by atoms with E-state index in [0.29, 0.717) is 5.92 Å². The second-order valence-electron chi connectivity index (χ2n) is 6.18. The third kappa shape index (κ3) is 5.40. The van der Waals surface area contributed by atoms with Crippen molar-refractivity contribution in [3.05, 3.63) is 65.7 Å².